The van der Waals surface area contributed by atoms with E-state index in [4.69, 9.17) is 5.73 Å². The zero-order valence-electron chi connectivity index (χ0n) is 8.33. The van der Waals surface area contributed by atoms with E-state index in [1.165, 1.54) is 16.3 Å². The molecule has 0 saturated heterocycles. The Balaban J connectivity index is 2.53. The van der Waals surface area contributed by atoms with Gasteiger partial charge in [-0.25, -0.2) is 0 Å². The Morgan fingerprint density at radius 3 is 2.57 bits per heavy atom. The molecular formula is C13H14N. The number of nitrogens with one attached hydrogen (secondary N) is 1. The number of fused-ring (bicyclic) bond motifs is 1. The number of benzene rings is 2. The summed E-state index contributed by atoms with van der Waals surface area (Å²) in [5, 5.41) is 2.56. The zero-order chi connectivity index (χ0) is 9.97. The summed E-state index contributed by atoms with van der Waals surface area (Å²) in [7, 11) is 0. The summed E-state index contributed by atoms with van der Waals surface area (Å²) in [5.74, 6) is 0. The van der Waals surface area contributed by atoms with E-state index >= 15 is 0 Å². The molecule has 1 atom stereocenters. The molecule has 1 radical (unpaired) electrons. The zero-order valence-corrected chi connectivity index (χ0v) is 8.33. The van der Waals surface area contributed by atoms with Gasteiger partial charge in [0, 0.05) is 6.04 Å². The molecule has 2 aromatic carbocycles. The third-order valence-electron chi connectivity index (χ3n) is 2.41. The predicted molar refractivity (Wildman–Crippen MR) is 60.2 cm³/mol. The van der Waals surface area contributed by atoms with Crippen LogP contribution in [0.2, 0.25) is 0 Å². The molecule has 0 aromatic heterocycles. The van der Waals surface area contributed by atoms with Crippen LogP contribution in [0.25, 0.3) is 10.8 Å². The molecule has 0 bridgehead atoms. The first-order chi connectivity index (χ1) is 6.77. The molecule has 2 aromatic rings. The van der Waals surface area contributed by atoms with Crippen molar-refractivity contribution in [3.63, 3.8) is 0 Å². The lowest BCUT2D eigenvalue weighted by Gasteiger charge is -2.07. The first-order valence-electron chi connectivity index (χ1n) is 4.95. The summed E-state index contributed by atoms with van der Waals surface area (Å²) in [5.41, 5.74) is 8.87. The van der Waals surface area contributed by atoms with Gasteiger partial charge in [0.1, 0.15) is 0 Å². The lowest BCUT2D eigenvalue weighted by Crippen LogP contribution is -2.06. The van der Waals surface area contributed by atoms with Crippen molar-refractivity contribution in [3.8, 4) is 0 Å². The Kier molecular flexibility index (Phi) is 2.51. The maximum atomic E-state index is 7.59. The second-order valence-electron chi connectivity index (χ2n) is 3.74. The summed E-state index contributed by atoms with van der Waals surface area (Å²) in [6.45, 7) is 1.93. The van der Waals surface area contributed by atoms with Gasteiger partial charge < -0.3 is 0 Å². The topological polar surface area (TPSA) is 23.8 Å². The number of rotatable bonds is 2. The van der Waals surface area contributed by atoms with Crippen molar-refractivity contribution >= 4 is 10.8 Å². The summed E-state index contributed by atoms with van der Waals surface area (Å²) >= 11 is 0. The van der Waals surface area contributed by atoms with E-state index in [1.807, 2.05) is 6.92 Å². The van der Waals surface area contributed by atoms with Gasteiger partial charge in [-0.3, -0.25) is 5.73 Å². The van der Waals surface area contributed by atoms with Crippen LogP contribution in [0.3, 0.4) is 0 Å². The molecule has 1 heteroatoms. The molecule has 0 aliphatic heterocycles. The quantitative estimate of drug-likeness (QED) is 0.685. The van der Waals surface area contributed by atoms with Crippen molar-refractivity contribution in [2.75, 3.05) is 0 Å². The normalized spacial score (nSPS) is 13.0. The fourth-order valence-electron chi connectivity index (χ4n) is 1.80. The average Bonchev–Trinajstić information content (AvgIpc) is 2.18. The summed E-state index contributed by atoms with van der Waals surface area (Å²) < 4.78 is 0. The largest absolute Gasteiger partial charge is 0.254 e. The van der Waals surface area contributed by atoms with Crippen molar-refractivity contribution in [2.24, 2.45) is 0 Å². The monoisotopic (exact) mass is 184 g/mol. The van der Waals surface area contributed by atoms with Gasteiger partial charge in [0.2, 0.25) is 0 Å². The van der Waals surface area contributed by atoms with Crippen LogP contribution in [0.1, 0.15) is 12.5 Å². The van der Waals surface area contributed by atoms with Gasteiger partial charge in [-0.05, 0) is 29.7 Å². The molecule has 0 spiro atoms. The van der Waals surface area contributed by atoms with Gasteiger partial charge in [0.25, 0.3) is 0 Å². The molecule has 2 rings (SSSR count). The molecule has 71 valence electrons. The molecule has 1 nitrogen and oxygen atoms in total. The highest BCUT2D eigenvalue weighted by Crippen LogP contribution is 2.19. The van der Waals surface area contributed by atoms with E-state index in [0.29, 0.717) is 0 Å². The van der Waals surface area contributed by atoms with Gasteiger partial charge in [-0.1, -0.05) is 42.5 Å². The van der Waals surface area contributed by atoms with Crippen LogP contribution in [0, 0.1) is 0 Å². The van der Waals surface area contributed by atoms with E-state index in [9.17, 15) is 0 Å². The summed E-state index contributed by atoms with van der Waals surface area (Å²) in [6.07, 6.45) is 0.835. The van der Waals surface area contributed by atoms with Crippen LogP contribution in [0.15, 0.2) is 42.5 Å². The molecule has 0 fully saturated rings. The minimum Gasteiger partial charge on any atom is -0.254 e. The maximum absolute atomic E-state index is 7.59. The Labute approximate surface area is 84.5 Å². The minimum absolute atomic E-state index is 0.0270. The number of hydrogen-bond donors (Lipinski definition) is 0. The van der Waals surface area contributed by atoms with Gasteiger partial charge in [-0.2, -0.15) is 0 Å². The van der Waals surface area contributed by atoms with E-state index in [1.54, 1.807) is 0 Å². The van der Waals surface area contributed by atoms with Crippen molar-refractivity contribution in [1.82, 2.24) is 5.73 Å². The molecular weight excluding hydrogens is 170 g/mol. The second kappa shape index (κ2) is 3.81. The van der Waals surface area contributed by atoms with Crippen LogP contribution in [-0.2, 0) is 6.42 Å². The standard InChI is InChI=1S/C13H14N/c1-10(14)9-12-7-4-6-11-5-2-3-8-13(11)12/h2-8,10,14H,9H2,1H3. The predicted octanol–water partition coefficient (Wildman–Crippen LogP) is 3.05. The van der Waals surface area contributed by atoms with Gasteiger partial charge in [-0.15, -0.1) is 0 Å². The molecule has 1 N–H and O–H groups in total. The van der Waals surface area contributed by atoms with Crippen molar-refractivity contribution in [2.45, 2.75) is 19.4 Å². The van der Waals surface area contributed by atoms with Gasteiger partial charge >= 0.3 is 0 Å². The maximum Gasteiger partial charge on any atom is 0.0225 e. The Hall–Kier alpha value is -1.34. The smallest absolute Gasteiger partial charge is 0.0225 e. The Morgan fingerprint density at radius 1 is 1.07 bits per heavy atom. The van der Waals surface area contributed by atoms with Crippen LogP contribution >= 0.6 is 0 Å². The molecule has 14 heavy (non-hydrogen) atoms. The fourth-order valence-corrected chi connectivity index (χ4v) is 1.80. The fraction of sp³-hybridized carbons (Fsp3) is 0.231. The summed E-state index contributed by atoms with van der Waals surface area (Å²) in [4.78, 5) is 0. The van der Waals surface area contributed by atoms with E-state index in [0.717, 1.165) is 6.42 Å². The number of hydrogen-bond acceptors (Lipinski definition) is 0. The highest BCUT2D eigenvalue weighted by Gasteiger charge is 2.02. The highest BCUT2D eigenvalue weighted by molar-refractivity contribution is 5.85. The molecule has 0 amide bonds. The van der Waals surface area contributed by atoms with Gasteiger partial charge in [0.15, 0.2) is 0 Å². The lowest BCUT2D eigenvalue weighted by atomic mass is 10.00. The van der Waals surface area contributed by atoms with E-state index < -0.39 is 0 Å². The van der Waals surface area contributed by atoms with Crippen molar-refractivity contribution < 1.29 is 0 Å². The Bertz CT molecular complexity index is 427. The van der Waals surface area contributed by atoms with Crippen LogP contribution < -0.4 is 5.73 Å². The van der Waals surface area contributed by atoms with E-state index in [2.05, 4.69) is 42.5 Å². The van der Waals surface area contributed by atoms with Crippen LogP contribution in [0.4, 0.5) is 0 Å². The molecule has 0 heterocycles. The molecule has 1 unspecified atom stereocenters. The average molecular weight is 184 g/mol. The van der Waals surface area contributed by atoms with Crippen LogP contribution in [-0.4, -0.2) is 6.04 Å². The summed E-state index contributed by atoms with van der Waals surface area (Å²) in [6, 6.07) is 14.6. The van der Waals surface area contributed by atoms with Gasteiger partial charge in [0.05, 0.1) is 0 Å². The molecule has 0 saturated carbocycles. The highest BCUT2D eigenvalue weighted by atomic mass is 14.6. The van der Waals surface area contributed by atoms with Crippen LogP contribution in [0.5, 0.6) is 0 Å². The minimum atomic E-state index is -0.0270. The van der Waals surface area contributed by atoms with Crippen molar-refractivity contribution in [3.05, 3.63) is 48.0 Å². The lowest BCUT2D eigenvalue weighted by molar-refractivity contribution is 0.718. The first-order valence-corrected chi connectivity index (χ1v) is 4.95. The SMILES string of the molecule is CC([NH])Cc1cccc2ccccc12. The van der Waals surface area contributed by atoms with Crippen molar-refractivity contribution in [1.29, 1.82) is 0 Å². The third kappa shape index (κ3) is 1.78. The molecule has 0 aliphatic carbocycles. The Morgan fingerprint density at radius 2 is 1.79 bits per heavy atom. The molecule has 0 aliphatic rings. The first kappa shape index (κ1) is 9.22. The van der Waals surface area contributed by atoms with E-state index in [-0.39, 0.29) is 6.04 Å². The second-order valence-corrected chi connectivity index (χ2v) is 3.74. The third-order valence-corrected chi connectivity index (χ3v) is 2.41.